The van der Waals surface area contributed by atoms with Crippen molar-refractivity contribution >= 4 is 29.1 Å². The Morgan fingerprint density at radius 1 is 1.53 bits per heavy atom. The standard InChI is InChI=1S/C9H10Cl2N2O2/c1-5(9(14)13-12)15-7-4-2-3-6(10)8(7)11/h2-5H,12H2,1H3,(H,13,14). The largest absolute Gasteiger partial charge is 0.479 e. The van der Waals surface area contributed by atoms with Gasteiger partial charge in [-0.3, -0.25) is 10.2 Å². The summed E-state index contributed by atoms with van der Waals surface area (Å²) in [5.41, 5.74) is 1.98. The average Bonchev–Trinajstić information content (AvgIpc) is 2.23. The number of nitrogens with two attached hydrogens (primary N) is 1. The number of nitrogens with one attached hydrogen (secondary N) is 1. The van der Waals surface area contributed by atoms with E-state index in [9.17, 15) is 4.79 Å². The van der Waals surface area contributed by atoms with Crippen LogP contribution in [0, 0.1) is 0 Å². The number of hydrogen-bond acceptors (Lipinski definition) is 3. The lowest BCUT2D eigenvalue weighted by atomic mass is 10.3. The van der Waals surface area contributed by atoms with Crippen LogP contribution in [0.1, 0.15) is 6.92 Å². The van der Waals surface area contributed by atoms with Crippen molar-refractivity contribution in [2.24, 2.45) is 5.84 Å². The van der Waals surface area contributed by atoms with E-state index < -0.39 is 12.0 Å². The normalized spacial score (nSPS) is 12.0. The summed E-state index contributed by atoms with van der Waals surface area (Å²) in [5.74, 6) is 4.86. The van der Waals surface area contributed by atoms with Crippen LogP contribution in [0.3, 0.4) is 0 Å². The summed E-state index contributed by atoms with van der Waals surface area (Å²) in [6.07, 6.45) is -0.731. The van der Waals surface area contributed by atoms with Gasteiger partial charge in [0, 0.05) is 0 Å². The number of rotatable bonds is 3. The smallest absolute Gasteiger partial charge is 0.274 e. The maximum Gasteiger partial charge on any atom is 0.274 e. The number of benzene rings is 1. The second-order valence-corrected chi connectivity index (χ2v) is 3.61. The van der Waals surface area contributed by atoms with Crippen molar-refractivity contribution in [3.05, 3.63) is 28.2 Å². The van der Waals surface area contributed by atoms with Gasteiger partial charge in [0.25, 0.3) is 5.91 Å². The molecule has 1 atom stereocenters. The van der Waals surface area contributed by atoms with Crippen LogP contribution in [0.5, 0.6) is 5.75 Å². The van der Waals surface area contributed by atoms with Gasteiger partial charge in [0.1, 0.15) is 10.8 Å². The van der Waals surface area contributed by atoms with Crippen molar-refractivity contribution in [2.75, 3.05) is 0 Å². The van der Waals surface area contributed by atoms with Crippen LogP contribution in [-0.4, -0.2) is 12.0 Å². The Hall–Kier alpha value is -0.970. The molecule has 0 aliphatic carbocycles. The van der Waals surface area contributed by atoms with Gasteiger partial charge in [0.05, 0.1) is 5.02 Å². The van der Waals surface area contributed by atoms with Crippen molar-refractivity contribution in [3.63, 3.8) is 0 Å². The van der Waals surface area contributed by atoms with E-state index in [1.54, 1.807) is 25.1 Å². The molecule has 0 heterocycles. The maximum absolute atomic E-state index is 11.1. The van der Waals surface area contributed by atoms with E-state index in [0.717, 1.165) is 0 Å². The van der Waals surface area contributed by atoms with E-state index in [0.29, 0.717) is 10.8 Å². The molecule has 0 radical (unpaired) electrons. The molecule has 0 aliphatic rings. The summed E-state index contributed by atoms with van der Waals surface area (Å²) in [5, 5.41) is 0.644. The summed E-state index contributed by atoms with van der Waals surface area (Å²) < 4.78 is 5.27. The number of hydrazine groups is 1. The van der Waals surface area contributed by atoms with E-state index in [1.165, 1.54) is 0 Å². The fourth-order valence-electron chi connectivity index (χ4n) is 0.936. The zero-order valence-electron chi connectivity index (χ0n) is 7.96. The molecular weight excluding hydrogens is 239 g/mol. The lowest BCUT2D eigenvalue weighted by molar-refractivity contribution is -0.127. The molecule has 4 nitrogen and oxygen atoms in total. The van der Waals surface area contributed by atoms with Gasteiger partial charge in [-0.2, -0.15) is 0 Å². The zero-order chi connectivity index (χ0) is 11.4. The minimum absolute atomic E-state index is 0.274. The third-order valence-electron chi connectivity index (χ3n) is 1.73. The molecule has 1 amide bonds. The van der Waals surface area contributed by atoms with Crippen molar-refractivity contribution in [1.29, 1.82) is 0 Å². The monoisotopic (exact) mass is 248 g/mol. The highest BCUT2D eigenvalue weighted by Crippen LogP contribution is 2.31. The highest BCUT2D eigenvalue weighted by molar-refractivity contribution is 6.42. The average molecular weight is 249 g/mol. The second-order valence-electron chi connectivity index (χ2n) is 2.82. The molecule has 1 rings (SSSR count). The third kappa shape index (κ3) is 2.99. The Balaban J connectivity index is 2.81. The molecule has 6 heteroatoms. The molecule has 3 N–H and O–H groups in total. The molecule has 0 saturated heterocycles. The summed E-state index contributed by atoms with van der Waals surface area (Å²) in [4.78, 5) is 11.1. The van der Waals surface area contributed by atoms with Crippen molar-refractivity contribution in [1.82, 2.24) is 5.43 Å². The molecule has 0 aliphatic heterocycles. The number of amides is 1. The summed E-state index contributed by atoms with van der Waals surface area (Å²) >= 11 is 11.6. The van der Waals surface area contributed by atoms with Crippen molar-refractivity contribution in [2.45, 2.75) is 13.0 Å². The van der Waals surface area contributed by atoms with E-state index in [-0.39, 0.29) is 5.02 Å². The first kappa shape index (κ1) is 12.1. The molecule has 0 saturated carbocycles. The summed E-state index contributed by atoms with van der Waals surface area (Å²) in [6, 6.07) is 4.93. The number of halogens is 2. The van der Waals surface area contributed by atoms with Crippen LogP contribution >= 0.6 is 23.2 Å². The summed E-state index contributed by atoms with van der Waals surface area (Å²) in [6.45, 7) is 1.55. The quantitative estimate of drug-likeness (QED) is 0.487. The van der Waals surface area contributed by atoms with E-state index in [2.05, 4.69) is 0 Å². The molecule has 82 valence electrons. The second kappa shape index (κ2) is 5.21. The Bertz CT molecular complexity index is 371. The van der Waals surface area contributed by atoms with Gasteiger partial charge in [0.15, 0.2) is 6.10 Å². The number of carbonyl (C=O) groups is 1. The van der Waals surface area contributed by atoms with E-state index >= 15 is 0 Å². The number of carbonyl (C=O) groups excluding carboxylic acids is 1. The van der Waals surface area contributed by atoms with Gasteiger partial charge in [-0.25, -0.2) is 5.84 Å². The van der Waals surface area contributed by atoms with E-state index in [1.807, 2.05) is 5.43 Å². The zero-order valence-corrected chi connectivity index (χ0v) is 9.47. The third-order valence-corrected chi connectivity index (χ3v) is 2.53. The predicted octanol–water partition coefficient (Wildman–Crippen LogP) is 1.75. The molecule has 0 bridgehead atoms. The summed E-state index contributed by atoms with van der Waals surface area (Å²) in [7, 11) is 0. The highest BCUT2D eigenvalue weighted by Gasteiger charge is 2.15. The van der Waals surface area contributed by atoms with E-state index in [4.69, 9.17) is 33.8 Å². The highest BCUT2D eigenvalue weighted by atomic mass is 35.5. The first-order valence-corrected chi connectivity index (χ1v) is 4.93. The minimum atomic E-state index is -0.731. The topological polar surface area (TPSA) is 64.3 Å². The molecule has 1 aromatic carbocycles. The lowest BCUT2D eigenvalue weighted by Crippen LogP contribution is -2.40. The predicted molar refractivity (Wildman–Crippen MR) is 58.9 cm³/mol. The van der Waals surface area contributed by atoms with Gasteiger partial charge in [-0.1, -0.05) is 29.3 Å². The van der Waals surface area contributed by atoms with Gasteiger partial charge in [-0.05, 0) is 19.1 Å². The van der Waals surface area contributed by atoms with Gasteiger partial charge >= 0.3 is 0 Å². The van der Waals surface area contributed by atoms with Gasteiger partial charge in [0.2, 0.25) is 0 Å². The van der Waals surface area contributed by atoms with Crippen molar-refractivity contribution < 1.29 is 9.53 Å². The van der Waals surface area contributed by atoms with Crippen molar-refractivity contribution in [3.8, 4) is 5.75 Å². The molecule has 15 heavy (non-hydrogen) atoms. The molecular formula is C9H10Cl2N2O2. The number of hydrogen-bond donors (Lipinski definition) is 2. The van der Waals surface area contributed by atoms with Crippen LogP contribution in [0.25, 0.3) is 0 Å². The number of ether oxygens (including phenoxy) is 1. The molecule has 1 aromatic rings. The van der Waals surface area contributed by atoms with Crippen LogP contribution < -0.4 is 16.0 Å². The minimum Gasteiger partial charge on any atom is -0.479 e. The molecule has 0 fully saturated rings. The molecule has 1 unspecified atom stereocenters. The Labute approximate surface area is 97.3 Å². The van der Waals surface area contributed by atoms with Crippen LogP contribution in [0.4, 0.5) is 0 Å². The maximum atomic E-state index is 11.1. The fourth-order valence-corrected chi connectivity index (χ4v) is 1.27. The Morgan fingerprint density at radius 3 is 2.80 bits per heavy atom. The van der Waals surface area contributed by atoms with Crippen LogP contribution in [0.2, 0.25) is 10.0 Å². The SMILES string of the molecule is CC(Oc1cccc(Cl)c1Cl)C(=O)NN. The molecule has 0 aromatic heterocycles. The van der Waals surface area contributed by atoms with Gasteiger partial charge < -0.3 is 4.74 Å². The Morgan fingerprint density at radius 2 is 2.20 bits per heavy atom. The Kier molecular flexibility index (Phi) is 4.20. The molecule has 0 spiro atoms. The van der Waals surface area contributed by atoms with Gasteiger partial charge in [-0.15, -0.1) is 0 Å². The van der Waals surface area contributed by atoms with Crippen LogP contribution in [0.15, 0.2) is 18.2 Å². The first-order chi connectivity index (χ1) is 7.06. The first-order valence-electron chi connectivity index (χ1n) is 4.17. The van der Waals surface area contributed by atoms with Crippen LogP contribution in [-0.2, 0) is 4.79 Å². The fraction of sp³-hybridized carbons (Fsp3) is 0.222. The lowest BCUT2D eigenvalue weighted by Gasteiger charge is -2.14.